The van der Waals surface area contributed by atoms with Gasteiger partial charge in [0.1, 0.15) is 5.75 Å². The fraction of sp³-hybridized carbons (Fsp3) is 0.444. The first-order valence-electron chi connectivity index (χ1n) is 10.7. The second-order valence-corrected chi connectivity index (χ2v) is 10.5. The summed E-state index contributed by atoms with van der Waals surface area (Å²) in [5, 5.41) is 5.24. The van der Waals surface area contributed by atoms with Gasteiger partial charge in [-0.3, -0.25) is 0 Å². The van der Waals surface area contributed by atoms with Crippen LogP contribution < -0.4 is 4.74 Å². The Kier molecular flexibility index (Phi) is 5.62. The van der Waals surface area contributed by atoms with Crippen LogP contribution in [0, 0.1) is 20.8 Å². The zero-order chi connectivity index (χ0) is 22.4. The molecule has 0 aliphatic rings. The monoisotopic (exact) mass is 404 g/mol. The van der Waals surface area contributed by atoms with Gasteiger partial charge in [0, 0.05) is 22.5 Å². The summed E-state index contributed by atoms with van der Waals surface area (Å²) < 4.78 is 7.64. The lowest BCUT2D eigenvalue weighted by molar-refractivity contribution is 0.414. The maximum Gasteiger partial charge on any atom is 0.121 e. The van der Waals surface area contributed by atoms with E-state index in [1.807, 2.05) is 12.1 Å². The van der Waals surface area contributed by atoms with Crippen LogP contribution in [0.1, 0.15) is 69.6 Å². The highest BCUT2D eigenvalue weighted by atomic mass is 16.5. The van der Waals surface area contributed by atoms with Crippen molar-refractivity contribution in [2.45, 2.75) is 73.1 Å². The molecule has 160 valence electrons. The normalized spacial score (nSPS) is 12.3. The second-order valence-electron chi connectivity index (χ2n) is 10.5. The molecule has 0 spiro atoms. The first-order chi connectivity index (χ1) is 13.8. The third-order valence-corrected chi connectivity index (χ3v) is 5.53. The Morgan fingerprint density at radius 3 is 1.90 bits per heavy atom. The van der Waals surface area contributed by atoms with Crippen LogP contribution in [0.4, 0.5) is 0 Å². The molecule has 1 aromatic heterocycles. The van der Waals surface area contributed by atoms with Crippen molar-refractivity contribution in [2.75, 3.05) is 7.11 Å². The van der Waals surface area contributed by atoms with Gasteiger partial charge >= 0.3 is 0 Å². The Labute approximate surface area is 182 Å². The van der Waals surface area contributed by atoms with Crippen molar-refractivity contribution in [3.05, 3.63) is 64.5 Å². The third-order valence-electron chi connectivity index (χ3n) is 5.53. The summed E-state index contributed by atoms with van der Waals surface area (Å²) in [5.41, 5.74) is 9.67. The largest absolute Gasteiger partial charge is 0.497 e. The minimum atomic E-state index is -0.0985. The summed E-state index contributed by atoms with van der Waals surface area (Å²) in [6, 6.07) is 12.7. The lowest BCUT2D eigenvalue weighted by atomic mass is 9.79. The predicted molar refractivity (Wildman–Crippen MR) is 127 cm³/mol. The Bertz CT molecular complexity index is 1050. The minimum Gasteiger partial charge on any atom is -0.497 e. The van der Waals surface area contributed by atoms with Crippen LogP contribution in [0.25, 0.3) is 16.8 Å². The summed E-state index contributed by atoms with van der Waals surface area (Å²) in [6.45, 7) is 20.2. The highest BCUT2D eigenvalue weighted by Crippen LogP contribution is 2.44. The van der Waals surface area contributed by atoms with Crippen LogP contribution in [0.3, 0.4) is 0 Å². The Hall–Kier alpha value is -2.55. The van der Waals surface area contributed by atoms with Gasteiger partial charge in [-0.15, -0.1) is 0 Å². The predicted octanol–water partition coefficient (Wildman–Crippen LogP) is 7.07. The molecule has 0 saturated heterocycles. The molecule has 2 aromatic carbocycles. The maximum atomic E-state index is 5.50. The second kappa shape index (κ2) is 7.61. The van der Waals surface area contributed by atoms with E-state index in [1.165, 1.54) is 33.5 Å². The van der Waals surface area contributed by atoms with Crippen LogP contribution in [-0.2, 0) is 10.8 Å². The first kappa shape index (κ1) is 22.1. The van der Waals surface area contributed by atoms with Crippen LogP contribution in [0.2, 0.25) is 0 Å². The SMILES string of the molecule is COc1cccc(-n2nc(C(C)(C)C)c(-c3c(C)cc(C)cc3C)c2C(C)(C)C)c1. The van der Waals surface area contributed by atoms with Crippen molar-refractivity contribution in [1.82, 2.24) is 9.78 Å². The zero-order valence-corrected chi connectivity index (χ0v) is 20.3. The molecule has 3 nitrogen and oxygen atoms in total. The van der Waals surface area contributed by atoms with E-state index in [9.17, 15) is 0 Å². The van der Waals surface area contributed by atoms with E-state index in [2.05, 4.69) is 91.3 Å². The molecule has 3 rings (SSSR count). The topological polar surface area (TPSA) is 27.1 Å². The lowest BCUT2D eigenvalue weighted by Gasteiger charge is -2.26. The number of hydrogen-bond acceptors (Lipinski definition) is 2. The molecular formula is C27H36N2O. The molecule has 0 N–H and O–H groups in total. The summed E-state index contributed by atoms with van der Waals surface area (Å²) >= 11 is 0. The molecule has 3 aromatic rings. The van der Waals surface area contributed by atoms with E-state index in [1.54, 1.807) is 7.11 Å². The minimum absolute atomic E-state index is 0.0940. The quantitative estimate of drug-likeness (QED) is 0.467. The number of nitrogens with zero attached hydrogens (tertiary/aromatic N) is 2. The van der Waals surface area contributed by atoms with Gasteiger partial charge in [-0.05, 0) is 49.6 Å². The Morgan fingerprint density at radius 2 is 1.40 bits per heavy atom. The molecule has 0 aliphatic carbocycles. The Balaban J connectivity index is 2.49. The summed E-state index contributed by atoms with van der Waals surface area (Å²) in [6.07, 6.45) is 0. The number of aryl methyl sites for hydroxylation is 3. The van der Waals surface area contributed by atoms with Crippen molar-refractivity contribution in [3.8, 4) is 22.6 Å². The van der Waals surface area contributed by atoms with Gasteiger partial charge in [0.05, 0.1) is 24.2 Å². The van der Waals surface area contributed by atoms with Crippen LogP contribution in [0.5, 0.6) is 5.75 Å². The van der Waals surface area contributed by atoms with Gasteiger partial charge < -0.3 is 4.74 Å². The highest BCUT2D eigenvalue weighted by molar-refractivity contribution is 5.78. The van der Waals surface area contributed by atoms with Gasteiger partial charge in [0.15, 0.2) is 0 Å². The van der Waals surface area contributed by atoms with E-state index in [0.717, 1.165) is 17.1 Å². The van der Waals surface area contributed by atoms with Gasteiger partial charge in [0.25, 0.3) is 0 Å². The molecule has 0 atom stereocenters. The smallest absolute Gasteiger partial charge is 0.121 e. The van der Waals surface area contributed by atoms with Crippen molar-refractivity contribution in [3.63, 3.8) is 0 Å². The van der Waals surface area contributed by atoms with E-state index < -0.39 is 0 Å². The molecule has 0 aliphatic heterocycles. The fourth-order valence-electron chi connectivity index (χ4n) is 4.38. The number of hydrogen-bond donors (Lipinski definition) is 0. The van der Waals surface area contributed by atoms with E-state index in [-0.39, 0.29) is 10.8 Å². The van der Waals surface area contributed by atoms with Gasteiger partial charge in [0.2, 0.25) is 0 Å². The van der Waals surface area contributed by atoms with E-state index in [4.69, 9.17) is 9.84 Å². The van der Waals surface area contributed by atoms with Crippen LogP contribution >= 0.6 is 0 Å². The van der Waals surface area contributed by atoms with Crippen LogP contribution in [0.15, 0.2) is 36.4 Å². The zero-order valence-electron chi connectivity index (χ0n) is 20.3. The molecule has 3 heteroatoms. The number of methoxy groups -OCH3 is 1. The van der Waals surface area contributed by atoms with Crippen molar-refractivity contribution in [1.29, 1.82) is 0 Å². The molecular weight excluding hydrogens is 368 g/mol. The molecule has 30 heavy (non-hydrogen) atoms. The van der Waals surface area contributed by atoms with Crippen molar-refractivity contribution < 1.29 is 4.74 Å². The fourth-order valence-corrected chi connectivity index (χ4v) is 4.38. The van der Waals surface area contributed by atoms with Gasteiger partial charge in [-0.1, -0.05) is 65.3 Å². The number of benzene rings is 2. The lowest BCUT2D eigenvalue weighted by Crippen LogP contribution is -2.19. The number of aromatic nitrogens is 2. The van der Waals surface area contributed by atoms with E-state index >= 15 is 0 Å². The molecule has 0 amide bonds. The summed E-state index contributed by atoms with van der Waals surface area (Å²) in [5.74, 6) is 0.837. The number of rotatable bonds is 3. The molecule has 0 fully saturated rings. The molecule has 0 unspecified atom stereocenters. The summed E-state index contributed by atoms with van der Waals surface area (Å²) in [4.78, 5) is 0. The maximum absolute atomic E-state index is 5.50. The Morgan fingerprint density at radius 1 is 0.800 bits per heavy atom. The number of ether oxygens (including phenoxy) is 1. The summed E-state index contributed by atoms with van der Waals surface area (Å²) in [7, 11) is 1.71. The first-order valence-corrected chi connectivity index (χ1v) is 10.7. The average Bonchev–Trinajstić information content (AvgIpc) is 3.02. The van der Waals surface area contributed by atoms with E-state index in [0.29, 0.717) is 0 Å². The highest BCUT2D eigenvalue weighted by Gasteiger charge is 2.34. The molecule has 0 radical (unpaired) electrons. The van der Waals surface area contributed by atoms with Crippen LogP contribution in [-0.4, -0.2) is 16.9 Å². The molecule has 1 heterocycles. The molecule has 0 saturated carbocycles. The third kappa shape index (κ3) is 4.03. The van der Waals surface area contributed by atoms with Gasteiger partial charge in [-0.2, -0.15) is 5.10 Å². The van der Waals surface area contributed by atoms with Gasteiger partial charge in [-0.25, -0.2) is 4.68 Å². The van der Waals surface area contributed by atoms with Crippen molar-refractivity contribution >= 4 is 0 Å². The average molecular weight is 405 g/mol. The van der Waals surface area contributed by atoms with Crippen molar-refractivity contribution in [2.24, 2.45) is 0 Å². The molecule has 0 bridgehead atoms. The standard InChI is InChI=1S/C27H36N2O/c1-17-14-18(2)22(19(3)15-17)23-24(26(4,5)6)28-29(25(23)27(7,8)9)20-12-11-13-21(16-20)30-10/h11-16H,1-10H3.